The van der Waals surface area contributed by atoms with E-state index in [2.05, 4.69) is 15.5 Å². The van der Waals surface area contributed by atoms with Gasteiger partial charge in [0.1, 0.15) is 4.90 Å². The monoisotopic (exact) mass is 377 g/mol. The Morgan fingerprint density at radius 1 is 1.27 bits per heavy atom. The SMILES string of the molecule is CCN(CC)S(=O)(=O)c1cc([N+](=O)[O-])ccc1NN=Cc1ccccn1. The summed E-state index contributed by atoms with van der Waals surface area (Å²) < 4.78 is 26.9. The lowest BCUT2D eigenvalue weighted by Gasteiger charge is -2.20. The number of anilines is 1. The highest BCUT2D eigenvalue weighted by atomic mass is 32.2. The lowest BCUT2D eigenvalue weighted by Crippen LogP contribution is -2.31. The molecule has 10 heteroatoms. The normalized spacial score (nSPS) is 11.8. The Morgan fingerprint density at radius 2 is 2.00 bits per heavy atom. The molecule has 0 saturated carbocycles. The van der Waals surface area contributed by atoms with Gasteiger partial charge in [-0.15, -0.1) is 0 Å². The van der Waals surface area contributed by atoms with Crippen LogP contribution in [0.5, 0.6) is 0 Å². The number of pyridine rings is 1. The van der Waals surface area contributed by atoms with Crippen LogP contribution in [0, 0.1) is 10.1 Å². The van der Waals surface area contributed by atoms with E-state index >= 15 is 0 Å². The van der Waals surface area contributed by atoms with E-state index < -0.39 is 14.9 Å². The number of benzene rings is 1. The first kappa shape index (κ1) is 19.5. The van der Waals surface area contributed by atoms with Crippen molar-refractivity contribution < 1.29 is 13.3 Å². The van der Waals surface area contributed by atoms with Crippen LogP contribution < -0.4 is 5.43 Å². The van der Waals surface area contributed by atoms with Gasteiger partial charge in [-0.3, -0.25) is 20.5 Å². The van der Waals surface area contributed by atoms with Crippen LogP contribution in [0.3, 0.4) is 0 Å². The number of nitrogens with zero attached hydrogens (tertiary/aromatic N) is 4. The first-order valence-corrected chi connectivity index (χ1v) is 9.32. The van der Waals surface area contributed by atoms with Crippen LogP contribution >= 0.6 is 0 Å². The van der Waals surface area contributed by atoms with Crippen LogP contribution in [0.2, 0.25) is 0 Å². The number of aromatic nitrogens is 1. The molecule has 2 rings (SSSR count). The zero-order valence-corrected chi connectivity index (χ0v) is 15.2. The Hall–Kier alpha value is -2.85. The predicted molar refractivity (Wildman–Crippen MR) is 98.7 cm³/mol. The van der Waals surface area contributed by atoms with Crippen molar-refractivity contribution in [3.8, 4) is 0 Å². The summed E-state index contributed by atoms with van der Waals surface area (Å²) in [5, 5.41) is 15.0. The average molecular weight is 377 g/mol. The summed E-state index contributed by atoms with van der Waals surface area (Å²) in [4.78, 5) is 14.3. The van der Waals surface area contributed by atoms with Gasteiger partial charge in [0.25, 0.3) is 5.69 Å². The van der Waals surface area contributed by atoms with Gasteiger partial charge in [-0.2, -0.15) is 9.41 Å². The number of nitrogens with one attached hydrogen (secondary N) is 1. The molecule has 0 radical (unpaired) electrons. The van der Waals surface area contributed by atoms with Gasteiger partial charge in [0, 0.05) is 31.4 Å². The van der Waals surface area contributed by atoms with Crippen LogP contribution in [-0.2, 0) is 10.0 Å². The third-order valence-electron chi connectivity index (χ3n) is 3.57. The fraction of sp³-hybridized carbons (Fsp3) is 0.250. The smallest absolute Gasteiger partial charge is 0.270 e. The van der Waals surface area contributed by atoms with E-state index in [4.69, 9.17) is 0 Å². The van der Waals surface area contributed by atoms with Crippen molar-refractivity contribution in [1.82, 2.24) is 9.29 Å². The van der Waals surface area contributed by atoms with E-state index in [0.717, 1.165) is 6.07 Å². The van der Waals surface area contributed by atoms with Crippen molar-refractivity contribution in [3.63, 3.8) is 0 Å². The number of nitro benzene ring substituents is 1. The number of hydrazone groups is 1. The van der Waals surface area contributed by atoms with E-state index in [9.17, 15) is 18.5 Å². The summed E-state index contributed by atoms with van der Waals surface area (Å²) in [6, 6.07) is 8.86. The maximum Gasteiger partial charge on any atom is 0.270 e. The standard InChI is InChI=1S/C16H19N5O4S/c1-3-20(4-2)26(24,25)16-11-14(21(22)23)8-9-15(16)19-18-12-13-7-5-6-10-17-13/h5-12,19H,3-4H2,1-2H3. The maximum atomic E-state index is 12.8. The van der Waals surface area contributed by atoms with Crippen LogP contribution in [0.15, 0.2) is 52.6 Å². The zero-order valence-electron chi connectivity index (χ0n) is 14.4. The molecule has 138 valence electrons. The lowest BCUT2D eigenvalue weighted by atomic mass is 10.3. The maximum absolute atomic E-state index is 12.8. The van der Waals surface area contributed by atoms with Gasteiger partial charge in [-0.1, -0.05) is 19.9 Å². The summed E-state index contributed by atoms with van der Waals surface area (Å²) in [5.41, 5.74) is 3.05. The second-order valence-electron chi connectivity index (χ2n) is 5.15. The van der Waals surface area contributed by atoms with Gasteiger partial charge in [-0.05, 0) is 18.2 Å². The number of rotatable bonds is 8. The molecule has 0 atom stereocenters. The molecular formula is C16H19N5O4S. The van der Waals surface area contributed by atoms with Gasteiger partial charge in [0.15, 0.2) is 0 Å². The summed E-state index contributed by atoms with van der Waals surface area (Å²) in [6.07, 6.45) is 3.03. The topological polar surface area (TPSA) is 118 Å². The molecule has 0 aliphatic rings. The molecule has 0 aliphatic heterocycles. The summed E-state index contributed by atoms with van der Waals surface area (Å²) in [6.45, 7) is 3.89. The molecule has 0 bridgehead atoms. The van der Waals surface area contributed by atoms with E-state index in [-0.39, 0.29) is 29.4 Å². The highest BCUT2D eigenvalue weighted by molar-refractivity contribution is 7.89. The van der Waals surface area contributed by atoms with Crippen molar-refractivity contribution in [2.45, 2.75) is 18.7 Å². The fourth-order valence-electron chi connectivity index (χ4n) is 2.25. The highest BCUT2D eigenvalue weighted by Crippen LogP contribution is 2.29. The molecule has 2 aromatic rings. The molecule has 0 unspecified atom stereocenters. The molecule has 0 saturated heterocycles. The first-order chi connectivity index (χ1) is 12.4. The Balaban J connectivity index is 2.42. The highest BCUT2D eigenvalue weighted by Gasteiger charge is 2.27. The molecule has 1 heterocycles. The van der Waals surface area contributed by atoms with Crippen LogP contribution in [0.25, 0.3) is 0 Å². The second kappa shape index (κ2) is 8.50. The van der Waals surface area contributed by atoms with Gasteiger partial charge in [0.05, 0.1) is 22.5 Å². The van der Waals surface area contributed by atoms with E-state index in [1.165, 1.54) is 22.7 Å². The third-order valence-corrected chi connectivity index (χ3v) is 5.66. The number of sulfonamides is 1. The van der Waals surface area contributed by atoms with Gasteiger partial charge in [0.2, 0.25) is 10.0 Å². The zero-order chi connectivity index (χ0) is 19.2. The van der Waals surface area contributed by atoms with E-state index in [1.54, 1.807) is 38.2 Å². The minimum absolute atomic E-state index is 0.148. The van der Waals surface area contributed by atoms with Crippen molar-refractivity contribution in [2.75, 3.05) is 18.5 Å². The quantitative estimate of drug-likeness (QED) is 0.429. The Morgan fingerprint density at radius 3 is 2.58 bits per heavy atom. The predicted octanol–water partition coefficient (Wildman–Crippen LogP) is 2.47. The lowest BCUT2D eigenvalue weighted by molar-refractivity contribution is -0.385. The third kappa shape index (κ3) is 4.41. The van der Waals surface area contributed by atoms with Crippen molar-refractivity contribution in [2.24, 2.45) is 5.10 Å². The van der Waals surface area contributed by atoms with Gasteiger partial charge in [-0.25, -0.2) is 8.42 Å². The van der Waals surface area contributed by atoms with E-state index in [1.807, 2.05) is 0 Å². The summed E-state index contributed by atoms with van der Waals surface area (Å²) in [7, 11) is -3.91. The Bertz CT molecular complexity index is 896. The molecule has 1 aromatic heterocycles. The molecule has 1 N–H and O–H groups in total. The number of non-ortho nitro benzene ring substituents is 1. The van der Waals surface area contributed by atoms with Crippen LogP contribution in [-0.4, -0.2) is 41.9 Å². The van der Waals surface area contributed by atoms with Crippen molar-refractivity contribution >= 4 is 27.6 Å². The molecule has 9 nitrogen and oxygen atoms in total. The summed E-state index contributed by atoms with van der Waals surface area (Å²) in [5.74, 6) is 0. The number of hydrogen-bond acceptors (Lipinski definition) is 7. The molecule has 0 amide bonds. The molecule has 0 aliphatic carbocycles. The minimum atomic E-state index is -3.91. The number of hydrogen-bond donors (Lipinski definition) is 1. The van der Waals surface area contributed by atoms with Crippen LogP contribution in [0.4, 0.5) is 11.4 Å². The Labute approximate surface area is 151 Å². The second-order valence-corrected chi connectivity index (χ2v) is 7.06. The molecule has 1 aromatic carbocycles. The largest absolute Gasteiger partial charge is 0.277 e. The molecular weight excluding hydrogens is 358 g/mol. The fourth-order valence-corrected chi connectivity index (χ4v) is 3.87. The number of nitro groups is 1. The van der Waals surface area contributed by atoms with Crippen molar-refractivity contribution in [1.29, 1.82) is 0 Å². The van der Waals surface area contributed by atoms with Gasteiger partial charge < -0.3 is 0 Å². The average Bonchev–Trinajstić information content (AvgIpc) is 2.63. The Kier molecular flexibility index (Phi) is 6.36. The van der Waals surface area contributed by atoms with E-state index in [0.29, 0.717) is 5.69 Å². The molecule has 0 fully saturated rings. The van der Waals surface area contributed by atoms with Crippen LogP contribution in [0.1, 0.15) is 19.5 Å². The van der Waals surface area contributed by atoms with Gasteiger partial charge >= 0.3 is 0 Å². The first-order valence-electron chi connectivity index (χ1n) is 7.88. The summed E-state index contributed by atoms with van der Waals surface area (Å²) >= 11 is 0. The van der Waals surface area contributed by atoms with Crippen molar-refractivity contribution in [3.05, 3.63) is 58.4 Å². The molecule has 26 heavy (non-hydrogen) atoms. The minimum Gasteiger partial charge on any atom is -0.277 e. The molecule has 0 spiro atoms.